The summed E-state index contributed by atoms with van der Waals surface area (Å²) in [5, 5.41) is 6.19. The third kappa shape index (κ3) is 5.88. The molecule has 2 N–H and O–H groups in total. The maximum Gasteiger partial charge on any atom is 0.315 e. The van der Waals surface area contributed by atoms with Crippen LogP contribution in [0.2, 0.25) is 5.02 Å². The van der Waals surface area contributed by atoms with E-state index in [-0.39, 0.29) is 12.1 Å². The van der Waals surface area contributed by atoms with Crippen LogP contribution >= 0.6 is 11.6 Å². The average molecular weight is 381 g/mol. The Morgan fingerprint density at radius 3 is 2.85 bits per heavy atom. The number of urea groups is 1. The SMILES string of the molecule is CCOc1c(Cl)cc(CNC(=O)NC(C)CCc2ccco2)cc1OC. The molecule has 1 aromatic carbocycles. The topological polar surface area (TPSA) is 72.7 Å². The molecule has 6 nitrogen and oxygen atoms in total. The highest BCUT2D eigenvalue weighted by Gasteiger charge is 2.13. The Balaban J connectivity index is 1.83. The quantitative estimate of drug-likeness (QED) is 0.685. The number of rotatable bonds is 9. The van der Waals surface area contributed by atoms with Crippen molar-refractivity contribution in [3.05, 3.63) is 46.9 Å². The largest absolute Gasteiger partial charge is 0.493 e. The lowest BCUT2D eigenvalue weighted by Crippen LogP contribution is -2.40. The molecular formula is C19H25ClN2O4. The van der Waals surface area contributed by atoms with E-state index in [2.05, 4.69) is 10.6 Å². The number of amides is 2. The Labute approximate surface area is 158 Å². The van der Waals surface area contributed by atoms with Crippen molar-refractivity contribution in [3.8, 4) is 11.5 Å². The number of benzene rings is 1. The smallest absolute Gasteiger partial charge is 0.315 e. The van der Waals surface area contributed by atoms with Gasteiger partial charge in [-0.2, -0.15) is 0 Å². The molecule has 0 aliphatic heterocycles. The fourth-order valence-electron chi connectivity index (χ4n) is 2.50. The first-order valence-electron chi connectivity index (χ1n) is 8.59. The molecule has 0 saturated heterocycles. The lowest BCUT2D eigenvalue weighted by atomic mass is 10.1. The average Bonchev–Trinajstić information content (AvgIpc) is 3.13. The van der Waals surface area contributed by atoms with Crippen molar-refractivity contribution in [3.63, 3.8) is 0 Å². The zero-order chi connectivity index (χ0) is 18.9. The van der Waals surface area contributed by atoms with Gasteiger partial charge in [0.1, 0.15) is 5.76 Å². The van der Waals surface area contributed by atoms with Gasteiger partial charge >= 0.3 is 6.03 Å². The van der Waals surface area contributed by atoms with Crippen LogP contribution in [0.3, 0.4) is 0 Å². The van der Waals surface area contributed by atoms with E-state index in [1.807, 2.05) is 26.0 Å². The van der Waals surface area contributed by atoms with Gasteiger partial charge in [0.15, 0.2) is 11.5 Å². The molecule has 1 aromatic heterocycles. The molecule has 2 rings (SSSR count). The van der Waals surface area contributed by atoms with Gasteiger partial charge in [0.25, 0.3) is 0 Å². The van der Waals surface area contributed by atoms with E-state index in [1.165, 1.54) is 0 Å². The highest BCUT2D eigenvalue weighted by molar-refractivity contribution is 6.32. The first-order chi connectivity index (χ1) is 12.5. The van der Waals surface area contributed by atoms with E-state index in [0.717, 1.165) is 24.2 Å². The van der Waals surface area contributed by atoms with Crippen LogP contribution < -0.4 is 20.1 Å². The van der Waals surface area contributed by atoms with Crippen LogP contribution in [-0.4, -0.2) is 25.8 Å². The standard InChI is InChI=1S/C19H25ClN2O4/c1-4-25-18-16(20)10-14(11-17(18)24-3)12-21-19(23)22-13(2)7-8-15-6-5-9-26-15/h5-6,9-11,13H,4,7-8,12H2,1-3H3,(H2,21,22,23). The van der Waals surface area contributed by atoms with Gasteiger partial charge in [-0.15, -0.1) is 0 Å². The highest BCUT2D eigenvalue weighted by atomic mass is 35.5. The summed E-state index contributed by atoms with van der Waals surface area (Å²) in [5.41, 5.74) is 0.827. The van der Waals surface area contributed by atoms with Gasteiger partial charge in [-0.05, 0) is 50.1 Å². The van der Waals surface area contributed by atoms with Crippen LogP contribution in [0, 0.1) is 0 Å². The predicted molar refractivity (Wildman–Crippen MR) is 101 cm³/mol. The number of hydrogen-bond donors (Lipinski definition) is 2. The Hall–Kier alpha value is -2.34. The number of halogens is 1. The van der Waals surface area contributed by atoms with Crippen molar-refractivity contribution < 1.29 is 18.7 Å². The minimum Gasteiger partial charge on any atom is -0.493 e. The first-order valence-corrected chi connectivity index (χ1v) is 8.97. The number of carbonyl (C=O) groups is 1. The van der Waals surface area contributed by atoms with Crippen molar-refractivity contribution >= 4 is 17.6 Å². The van der Waals surface area contributed by atoms with E-state index < -0.39 is 0 Å². The Morgan fingerprint density at radius 2 is 2.19 bits per heavy atom. The number of hydrogen-bond acceptors (Lipinski definition) is 4. The zero-order valence-corrected chi connectivity index (χ0v) is 16.1. The maximum absolute atomic E-state index is 12.1. The van der Waals surface area contributed by atoms with Crippen LogP contribution in [0.15, 0.2) is 34.9 Å². The van der Waals surface area contributed by atoms with Crippen molar-refractivity contribution in [2.45, 2.75) is 39.3 Å². The monoisotopic (exact) mass is 380 g/mol. The molecule has 0 spiro atoms. The summed E-state index contributed by atoms with van der Waals surface area (Å²) in [6.07, 6.45) is 3.22. The second-order valence-electron chi connectivity index (χ2n) is 5.89. The molecule has 0 aliphatic rings. The molecule has 0 fully saturated rings. The van der Waals surface area contributed by atoms with Gasteiger partial charge in [-0.25, -0.2) is 4.79 Å². The molecule has 7 heteroatoms. The molecule has 26 heavy (non-hydrogen) atoms. The van der Waals surface area contributed by atoms with E-state index >= 15 is 0 Å². The van der Waals surface area contributed by atoms with E-state index in [1.54, 1.807) is 25.5 Å². The number of aryl methyl sites for hydroxylation is 1. The highest BCUT2D eigenvalue weighted by Crippen LogP contribution is 2.36. The van der Waals surface area contributed by atoms with E-state index in [9.17, 15) is 4.79 Å². The molecule has 0 saturated carbocycles. The summed E-state index contributed by atoms with van der Waals surface area (Å²) in [4.78, 5) is 12.1. The second-order valence-corrected chi connectivity index (χ2v) is 6.30. The second kappa shape index (κ2) is 9.97. The lowest BCUT2D eigenvalue weighted by Gasteiger charge is -2.16. The lowest BCUT2D eigenvalue weighted by molar-refractivity contribution is 0.236. The number of ether oxygens (including phenoxy) is 2. The fraction of sp³-hybridized carbons (Fsp3) is 0.421. The molecular weight excluding hydrogens is 356 g/mol. The summed E-state index contributed by atoms with van der Waals surface area (Å²) >= 11 is 6.24. The molecule has 0 radical (unpaired) electrons. The summed E-state index contributed by atoms with van der Waals surface area (Å²) in [6, 6.07) is 7.14. The molecule has 2 amide bonds. The molecule has 1 heterocycles. The third-order valence-corrected chi connectivity index (χ3v) is 4.09. The number of furan rings is 1. The number of nitrogens with one attached hydrogen (secondary N) is 2. The third-order valence-electron chi connectivity index (χ3n) is 3.81. The normalized spacial score (nSPS) is 11.7. The summed E-state index contributed by atoms with van der Waals surface area (Å²) in [6.45, 7) is 4.66. The van der Waals surface area contributed by atoms with Crippen LogP contribution in [0.1, 0.15) is 31.6 Å². The molecule has 1 atom stereocenters. The Morgan fingerprint density at radius 1 is 1.38 bits per heavy atom. The van der Waals surface area contributed by atoms with Gasteiger partial charge in [0, 0.05) is 19.0 Å². The van der Waals surface area contributed by atoms with Gasteiger partial charge in [-0.3, -0.25) is 0 Å². The number of methoxy groups -OCH3 is 1. The van der Waals surface area contributed by atoms with Crippen LogP contribution in [-0.2, 0) is 13.0 Å². The van der Waals surface area contributed by atoms with Crippen LogP contribution in [0.5, 0.6) is 11.5 Å². The van der Waals surface area contributed by atoms with Crippen molar-refractivity contribution in [1.82, 2.24) is 10.6 Å². The van der Waals surface area contributed by atoms with Crippen LogP contribution in [0.4, 0.5) is 4.79 Å². The van der Waals surface area contributed by atoms with Gasteiger partial charge in [0.2, 0.25) is 0 Å². The maximum atomic E-state index is 12.1. The first kappa shape index (κ1) is 20.0. The zero-order valence-electron chi connectivity index (χ0n) is 15.3. The van der Waals surface area contributed by atoms with Gasteiger partial charge < -0.3 is 24.5 Å². The molecule has 2 aromatic rings. The van der Waals surface area contributed by atoms with Crippen molar-refractivity contribution in [2.24, 2.45) is 0 Å². The van der Waals surface area contributed by atoms with Gasteiger partial charge in [-0.1, -0.05) is 11.6 Å². The minimum absolute atomic E-state index is 0.0264. The van der Waals surface area contributed by atoms with E-state index in [4.69, 9.17) is 25.5 Å². The minimum atomic E-state index is -0.235. The Bertz CT molecular complexity index is 704. The van der Waals surface area contributed by atoms with Crippen molar-refractivity contribution in [1.29, 1.82) is 0 Å². The predicted octanol–water partition coefficient (Wildman–Crippen LogP) is 4.16. The van der Waals surface area contributed by atoms with Crippen LogP contribution in [0.25, 0.3) is 0 Å². The summed E-state index contributed by atoms with van der Waals surface area (Å²) in [7, 11) is 1.55. The molecule has 0 aliphatic carbocycles. The van der Waals surface area contributed by atoms with Crippen molar-refractivity contribution in [2.75, 3.05) is 13.7 Å². The molecule has 0 bridgehead atoms. The number of carbonyl (C=O) groups excluding carboxylic acids is 1. The Kier molecular flexibility index (Phi) is 7.66. The molecule has 1 unspecified atom stereocenters. The fourth-order valence-corrected chi connectivity index (χ4v) is 2.79. The summed E-state index contributed by atoms with van der Waals surface area (Å²) in [5.74, 6) is 1.97. The molecule has 142 valence electrons. The summed E-state index contributed by atoms with van der Waals surface area (Å²) < 4.78 is 16.1. The van der Waals surface area contributed by atoms with Gasteiger partial charge in [0.05, 0.1) is 25.0 Å². The van der Waals surface area contributed by atoms with E-state index in [0.29, 0.717) is 29.7 Å².